The lowest BCUT2D eigenvalue weighted by Gasteiger charge is -2.47. The van der Waals surface area contributed by atoms with Gasteiger partial charge in [-0.1, -0.05) is 36.4 Å². The maximum absolute atomic E-state index is 13.9. The number of piperidine rings is 1. The van der Waals surface area contributed by atoms with E-state index in [0.29, 0.717) is 25.6 Å². The first kappa shape index (κ1) is 28.7. The average molecular weight is 551 g/mol. The molecule has 0 spiro atoms. The number of aliphatic hydroxyl groups is 1. The number of carbonyl (C=O) groups excluding carboxylic acids is 1. The molecule has 0 aromatic heterocycles. The topological polar surface area (TPSA) is 70.8 Å². The van der Waals surface area contributed by atoms with Crippen LogP contribution in [0.15, 0.2) is 66.7 Å². The van der Waals surface area contributed by atoms with E-state index in [9.17, 15) is 15.2 Å². The molecule has 5 rings (SSSR count). The predicted molar refractivity (Wildman–Crippen MR) is 165 cm³/mol. The van der Waals surface area contributed by atoms with Crippen molar-refractivity contribution in [2.24, 2.45) is 5.92 Å². The lowest BCUT2D eigenvalue weighted by atomic mass is 9.86. The van der Waals surface area contributed by atoms with Crippen LogP contribution >= 0.6 is 0 Å². The minimum absolute atomic E-state index is 0.0497. The number of amides is 1. The fourth-order valence-corrected chi connectivity index (χ4v) is 6.55. The standard InChI is InChI=1S/C35H42N4O2/c1-25-20-26(2)31(22-29(25)21-27-14-16-37(17-15-27)32-13-9-8-10-28(32)23-36)34(40)38-18-19-39(30-11-6-5-7-12-30)33(24-38)35(3,4)41/h5-13,20,22,27,33,41H,14-19,21,24H2,1-4H3/t33-/m0/s1. The Labute approximate surface area is 244 Å². The molecule has 3 aromatic rings. The summed E-state index contributed by atoms with van der Waals surface area (Å²) in [7, 11) is 0. The van der Waals surface area contributed by atoms with Crippen LogP contribution in [0.4, 0.5) is 11.4 Å². The van der Waals surface area contributed by atoms with E-state index < -0.39 is 5.60 Å². The molecule has 1 N–H and O–H groups in total. The third-order valence-electron chi connectivity index (χ3n) is 8.97. The Morgan fingerprint density at radius 1 is 0.951 bits per heavy atom. The second-order valence-corrected chi connectivity index (χ2v) is 12.3. The molecule has 2 saturated heterocycles. The summed E-state index contributed by atoms with van der Waals surface area (Å²) in [5.74, 6) is 0.590. The Balaban J connectivity index is 1.29. The van der Waals surface area contributed by atoms with Crippen LogP contribution in [0, 0.1) is 31.1 Å². The van der Waals surface area contributed by atoms with Gasteiger partial charge in [-0.25, -0.2) is 0 Å². The lowest BCUT2D eigenvalue weighted by Crippen LogP contribution is -2.62. The van der Waals surface area contributed by atoms with Gasteiger partial charge in [0.25, 0.3) is 5.91 Å². The summed E-state index contributed by atoms with van der Waals surface area (Å²) in [6.45, 7) is 11.5. The van der Waals surface area contributed by atoms with E-state index in [-0.39, 0.29) is 11.9 Å². The average Bonchev–Trinajstić information content (AvgIpc) is 2.98. The molecule has 0 saturated carbocycles. The number of benzene rings is 3. The van der Waals surface area contributed by atoms with Crippen LogP contribution in [0.1, 0.15) is 59.3 Å². The first-order chi connectivity index (χ1) is 19.7. The second-order valence-electron chi connectivity index (χ2n) is 12.3. The van der Waals surface area contributed by atoms with E-state index in [4.69, 9.17) is 0 Å². The fraction of sp³-hybridized carbons (Fsp3) is 0.429. The zero-order chi connectivity index (χ0) is 29.1. The van der Waals surface area contributed by atoms with Crippen LogP contribution in [0.2, 0.25) is 0 Å². The highest BCUT2D eigenvalue weighted by Crippen LogP contribution is 2.31. The fourth-order valence-electron chi connectivity index (χ4n) is 6.55. The van der Waals surface area contributed by atoms with Crippen molar-refractivity contribution in [3.63, 3.8) is 0 Å². The molecule has 2 heterocycles. The molecule has 3 aromatic carbocycles. The van der Waals surface area contributed by atoms with Gasteiger partial charge in [-0.3, -0.25) is 4.79 Å². The molecule has 214 valence electrons. The molecule has 0 bridgehead atoms. The van der Waals surface area contributed by atoms with Gasteiger partial charge in [-0.15, -0.1) is 0 Å². The van der Waals surface area contributed by atoms with Gasteiger partial charge >= 0.3 is 0 Å². The number of hydrogen-bond acceptors (Lipinski definition) is 5. The molecular weight excluding hydrogens is 508 g/mol. The highest BCUT2D eigenvalue weighted by molar-refractivity contribution is 5.96. The highest BCUT2D eigenvalue weighted by atomic mass is 16.3. The summed E-state index contributed by atoms with van der Waals surface area (Å²) in [5.41, 5.74) is 6.13. The Bertz CT molecular complexity index is 1410. The van der Waals surface area contributed by atoms with Gasteiger partial charge in [0.05, 0.1) is 22.9 Å². The largest absolute Gasteiger partial charge is 0.388 e. The van der Waals surface area contributed by atoms with Gasteiger partial charge in [-0.05, 0) is 99.9 Å². The zero-order valence-corrected chi connectivity index (χ0v) is 24.8. The molecule has 1 amide bonds. The SMILES string of the molecule is Cc1cc(C)c(C(=O)N2CCN(c3ccccc3)[C@H](C(C)(C)O)C2)cc1CC1CCN(c2ccccc2C#N)CC1. The maximum Gasteiger partial charge on any atom is 0.254 e. The summed E-state index contributed by atoms with van der Waals surface area (Å²) in [4.78, 5) is 20.4. The van der Waals surface area contributed by atoms with Crippen molar-refractivity contribution >= 4 is 17.3 Å². The third kappa shape index (κ3) is 6.26. The number of nitriles is 1. The number of para-hydroxylation sites is 2. The van der Waals surface area contributed by atoms with Crippen molar-refractivity contribution in [3.05, 3.63) is 94.5 Å². The first-order valence-corrected chi connectivity index (χ1v) is 14.8. The monoisotopic (exact) mass is 550 g/mol. The van der Waals surface area contributed by atoms with Crippen LogP contribution in [0.5, 0.6) is 0 Å². The molecule has 2 aliphatic rings. The Hall–Kier alpha value is -3.82. The summed E-state index contributed by atoms with van der Waals surface area (Å²) in [6.07, 6.45) is 3.07. The van der Waals surface area contributed by atoms with Gasteiger partial charge in [0.2, 0.25) is 0 Å². The van der Waals surface area contributed by atoms with E-state index in [1.807, 2.05) is 68.1 Å². The van der Waals surface area contributed by atoms with E-state index in [0.717, 1.165) is 60.4 Å². The second kappa shape index (κ2) is 12.0. The number of nitrogens with zero attached hydrogens (tertiary/aromatic N) is 4. The van der Waals surface area contributed by atoms with Crippen LogP contribution in [0.25, 0.3) is 0 Å². The Morgan fingerprint density at radius 2 is 1.63 bits per heavy atom. The summed E-state index contributed by atoms with van der Waals surface area (Å²) in [5, 5.41) is 20.6. The molecule has 6 nitrogen and oxygen atoms in total. The molecule has 0 unspecified atom stereocenters. The van der Waals surface area contributed by atoms with Crippen LogP contribution in [-0.4, -0.2) is 60.3 Å². The Morgan fingerprint density at radius 3 is 2.32 bits per heavy atom. The smallest absolute Gasteiger partial charge is 0.254 e. The van der Waals surface area contributed by atoms with Crippen LogP contribution in [-0.2, 0) is 6.42 Å². The molecular formula is C35H42N4O2. The molecule has 0 radical (unpaired) electrons. The van der Waals surface area contributed by atoms with E-state index >= 15 is 0 Å². The summed E-state index contributed by atoms with van der Waals surface area (Å²) in [6, 6.07) is 24.4. The van der Waals surface area contributed by atoms with Crippen molar-refractivity contribution < 1.29 is 9.90 Å². The summed E-state index contributed by atoms with van der Waals surface area (Å²) >= 11 is 0. The number of carbonyl (C=O) groups is 1. The van der Waals surface area contributed by atoms with Gasteiger partial charge in [0.1, 0.15) is 6.07 Å². The number of rotatable bonds is 6. The zero-order valence-electron chi connectivity index (χ0n) is 24.8. The Kier molecular flexibility index (Phi) is 8.37. The van der Waals surface area contributed by atoms with Gasteiger partial charge in [0.15, 0.2) is 0 Å². The maximum atomic E-state index is 13.9. The van der Waals surface area contributed by atoms with Crippen molar-refractivity contribution in [2.75, 3.05) is 42.5 Å². The normalized spacial score (nSPS) is 18.3. The van der Waals surface area contributed by atoms with Crippen LogP contribution < -0.4 is 9.80 Å². The minimum Gasteiger partial charge on any atom is -0.388 e. The van der Waals surface area contributed by atoms with Crippen molar-refractivity contribution in [1.29, 1.82) is 5.26 Å². The quantitative estimate of drug-likeness (QED) is 0.424. The third-order valence-corrected chi connectivity index (χ3v) is 8.97. The number of aryl methyl sites for hydroxylation is 2. The van der Waals surface area contributed by atoms with Crippen LogP contribution in [0.3, 0.4) is 0 Å². The number of anilines is 2. The molecule has 2 fully saturated rings. The molecule has 2 aliphatic heterocycles. The molecule has 6 heteroatoms. The van der Waals surface area contributed by atoms with E-state index in [2.05, 4.69) is 47.1 Å². The lowest BCUT2D eigenvalue weighted by molar-refractivity contribution is 0.0227. The molecule has 0 aliphatic carbocycles. The predicted octanol–water partition coefficient (Wildman–Crippen LogP) is 5.74. The van der Waals surface area contributed by atoms with Crippen molar-refractivity contribution in [2.45, 2.75) is 58.6 Å². The van der Waals surface area contributed by atoms with Gasteiger partial charge in [-0.2, -0.15) is 5.26 Å². The molecule has 41 heavy (non-hydrogen) atoms. The highest BCUT2D eigenvalue weighted by Gasteiger charge is 2.39. The van der Waals surface area contributed by atoms with E-state index in [1.165, 1.54) is 11.1 Å². The van der Waals surface area contributed by atoms with E-state index in [1.54, 1.807) is 0 Å². The molecule has 1 atom stereocenters. The van der Waals surface area contributed by atoms with Gasteiger partial charge < -0.3 is 19.8 Å². The van der Waals surface area contributed by atoms with Crippen molar-refractivity contribution in [1.82, 2.24) is 4.90 Å². The number of piperazine rings is 1. The van der Waals surface area contributed by atoms with Crippen molar-refractivity contribution in [3.8, 4) is 6.07 Å². The summed E-state index contributed by atoms with van der Waals surface area (Å²) < 4.78 is 0. The minimum atomic E-state index is -0.967. The number of hydrogen-bond donors (Lipinski definition) is 1. The first-order valence-electron chi connectivity index (χ1n) is 14.8. The van der Waals surface area contributed by atoms with Gasteiger partial charge in [0, 0.05) is 44.0 Å².